The minimum absolute atomic E-state index is 1.02. The Bertz CT molecular complexity index is 1450. The SMILES string of the molecule is C1=Cc2cccc(-c3ccc(-c4ccc5cc(-c6ccccc6)ccc5c4)cn3)c2SC1. The lowest BCUT2D eigenvalue weighted by Crippen LogP contribution is -1.93. The maximum Gasteiger partial charge on any atom is 0.0713 e. The molecule has 2 heteroatoms. The Morgan fingerprint density at radius 2 is 1.38 bits per heavy atom. The number of nitrogens with zero attached hydrogens (tertiary/aromatic N) is 1. The number of fused-ring (bicyclic) bond motifs is 2. The van der Waals surface area contributed by atoms with Crippen LogP contribution in [0.2, 0.25) is 0 Å². The Labute approximate surface area is 192 Å². The number of benzene rings is 4. The first-order valence-corrected chi connectivity index (χ1v) is 11.8. The Hall–Kier alpha value is -3.62. The van der Waals surface area contributed by atoms with E-state index >= 15 is 0 Å². The quantitative estimate of drug-likeness (QED) is 0.287. The summed E-state index contributed by atoms with van der Waals surface area (Å²) in [6.07, 6.45) is 6.43. The summed E-state index contributed by atoms with van der Waals surface area (Å²) >= 11 is 1.88. The molecule has 1 nitrogen and oxygen atoms in total. The molecule has 0 bridgehead atoms. The summed E-state index contributed by atoms with van der Waals surface area (Å²) in [4.78, 5) is 6.16. The molecular formula is C30H21NS. The molecule has 0 unspecified atom stereocenters. The Kier molecular flexibility index (Phi) is 4.86. The average molecular weight is 428 g/mol. The van der Waals surface area contributed by atoms with Gasteiger partial charge in [0, 0.05) is 28.0 Å². The van der Waals surface area contributed by atoms with E-state index in [0.717, 1.165) is 17.0 Å². The molecule has 4 aromatic carbocycles. The van der Waals surface area contributed by atoms with Gasteiger partial charge >= 0.3 is 0 Å². The van der Waals surface area contributed by atoms with E-state index in [2.05, 4.69) is 109 Å². The molecule has 32 heavy (non-hydrogen) atoms. The van der Waals surface area contributed by atoms with Crippen molar-refractivity contribution < 1.29 is 0 Å². The number of hydrogen-bond acceptors (Lipinski definition) is 2. The number of pyridine rings is 1. The maximum absolute atomic E-state index is 4.83. The molecule has 0 aliphatic carbocycles. The van der Waals surface area contributed by atoms with Gasteiger partial charge in [-0.2, -0.15) is 0 Å². The fraction of sp³-hybridized carbons (Fsp3) is 0.0333. The van der Waals surface area contributed by atoms with E-state index in [0.29, 0.717) is 0 Å². The van der Waals surface area contributed by atoms with Gasteiger partial charge in [0.1, 0.15) is 0 Å². The van der Waals surface area contributed by atoms with Gasteiger partial charge in [0.2, 0.25) is 0 Å². The fourth-order valence-electron chi connectivity index (χ4n) is 4.31. The van der Waals surface area contributed by atoms with Crippen molar-refractivity contribution in [3.63, 3.8) is 0 Å². The second kappa shape index (κ2) is 8.14. The van der Waals surface area contributed by atoms with E-state index in [9.17, 15) is 0 Å². The van der Waals surface area contributed by atoms with Gasteiger partial charge in [0.25, 0.3) is 0 Å². The van der Waals surface area contributed by atoms with Crippen LogP contribution in [0.4, 0.5) is 0 Å². The number of rotatable bonds is 3. The molecule has 0 spiro atoms. The van der Waals surface area contributed by atoms with Crippen LogP contribution in [-0.4, -0.2) is 10.7 Å². The molecule has 1 aromatic heterocycles. The zero-order valence-electron chi connectivity index (χ0n) is 17.5. The van der Waals surface area contributed by atoms with Crippen molar-refractivity contribution >= 4 is 28.6 Å². The van der Waals surface area contributed by atoms with E-state index in [-0.39, 0.29) is 0 Å². The third-order valence-electron chi connectivity index (χ3n) is 5.99. The summed E-state index contributed by atoms with van der Waals surface area (Å²) in [7, 11) is 0. The summed E-state index contributed by atoms with van der Waals surface area (Å²) in [6, 6.07) is 34.7. The number of thioether (sulfide) groups is 1. The lowest BCUT2D eigenvalue weighted by molar-refractivity contribution is 1.28. The van der Waals surface area contributed by atoms with Crippen LogP contribution in [0.5, 0.6) is 0 Å². The van der Waals surface area contributed by atoms with Gasteiger partial charge in [0.15, 0.2) is 0 Å². The topological polar surface area (TPSA) is 12.9 Å². The highest BCUT2D eigenvalue weighted by atomic mass is 32.2. The summed E-state index contributed by atoms with van der Waals surface area (Å²) in [5, 5.41) is 2.49. The molecule has 2 heterocycles. The van der Waals surface area contributed by atoms with E-state index in [1.807, 2.05) is 18.0 Å². The number of aromatic nitrogens is 1. The monoisotopic (exact) mass is 427 g/mol. The second-order valence-corrected chi connectivity index (χ2v) is 9.04. The molecule has 5 aromatic rings. The maximum atomic E-state index is 4.83. The molecule has 0 saturated heterocycles. The van der Waals surface area contributed by atoms with Gasteiger partial charge in [-0.25, -0.2) is 0 Å². The summed E-state index contributed by atoms with van der Waals surface area (Å²) in [6.45, 7) is 0. The zero-order chi connectivity index (χ0) is 21.3. The van der Waals surface area contributed by atoms with Crippen LogP contribution in [0.1, 0.15) is 5.56 Å². The van der Waals surface area contributed by atoms with Crippen LogP contribution in [0, 0.1) is 0 Å². The van der Waals surface area contributed by atoms with Gasteiger partial charge in [-0.1, -0.05) is 91.0 Å². The van der Waals surface area contributed by atoms with Crippen molar-refractivity contribution in [1.82, 2.24) is 4.98 Å². The first kappa shape index (κ1) is 19.1. The minimum atomic E-state index is 1.02. The van der Waals surface area contributed by atoms with Crippen molar-refractivity contribution in [2.24, 2.45) is 0 Å². The normalized spacial score (nSPS) is 12.6. The van der Waals surface area contributed by atoms with Crippen LogP contribution in [-0.2, 0) is 0 Å². The summed E-state index contributed by atoms with van der Waals surface area (Å²) < 4.78 is 0. The van der Waals surface area contributed by atoms with Crippen molar-refractivity contribution in [2.75, 3.05) is 5.75 Å². The average Bonchev–Trinajstić information content (AvgIpc) is 2.88. The van der Waals surface area contributed by atoms with E-state index in [1.165, 1.54) is 43.5 Å². The van der Waals surface area contributed by atoms with Crippen molar-refractivity contribution in [1.29, 1.82) is 0 Å². The Morgan fingerprint density at radius 3 is 2.12 bits per heavy atom. The second-order valence-electron chi connectivity index (χ2n) is 8.01. The molecule has 152 valence electrons. The number of hydrogen-bond donors (Lipinski definition) is 0. The van der Waals surface area contributed by atoms with Gasteiger partial charge in [0.05, 0.1) is 5.69 Å². The fourth-order valence-corrected chi connectivity index (χ4v) is 5.30. The van der Waals surface area contributed by atoms with Crippen LogP contribution < -0.4 is 0 Å². The molecule has 0 amide bonds. The summed E-state index contributed by atoms with van der Waals surface area (Å²) in [5.41, 5.74) is 8.36. The smallest absolute Gasteiger partial charge is 0.0713 e. The van der Waals surface area contributed by atoms with Gasteiger partial charge in [-0.05, 0) is 51.2 Å². The highest BCUT2D eigenvalue weighted by Crippen LogP contribution is 2.37. The molecule has 0 radical (unpaired) electrons. The molecule has 1 aliphatic heterocycles. The highest BCUT2D eigenvalue weighted by molar-refractivity contribution is 7.99. The lowest BCUT2D eigenvalue weighted by Gasteiger charge is -2.14. The predicted molar refractivity (Wildman–Crippen MR) is 138 cm³/mol. The molecule has 0 fully saturated rings. The predicted octanol–water partition coefficient (Wildman–Crippen LogP) is 8.35. The summed E-state index contributed by atoms with van der Waals surface area (Å²) in [5.74, 6) is 1.02. The Morgan fingerprint density at radius 1 is 0.625 bits per heavy atom. The van der Waals surface area contributed by atoms with Crippen molar-refractivity contribution in [3.05, 3.63) is 115 Å². The van der Waals surface area contributed by atoms with Crippen LogP contribution in [0.3, 0.4) is 0 Å². The highest BCUT2D eigenvalue weighted by Gasteiger charge is 2.13. The lowest BCUT2D eigenvalue weighted by atomic mass is 9.98. The van der Waals surface area contributed by atoms with E-state index in [1.54, 1.807) is 0 Å². The van der Waals surface area contributed by atoms with Crippen LogP contribution in [0.15, 0.2) is 114 Å². The first-order valence-electron chi connectivity index (χ1n) is 10.8. The van der Waals surface area contributed by atoms with E-state index < -0.39 is 0 Å². The molecule has 1 aliphatic rings. The molecular weight excluding hydrogens is 406 g/mol. The van der Waals surface area contributed by atoms with Crippen molar-refractivity contribution in [2.45, 2.75) is 4.90 Å². The largest absolute Gasteiger partial charge is 0.256 e. The van der Waals surface area contributed by atoms with Gasteiger partial charge < -0.3 is 0 Å². The Balaban J connectivity index is 1.33. The zero-order valence-corrected chi connectivity index (χ0v) is 18.3. The van der Waals surface area contributed by atoms with Crippen molar-refractivity contribution in [3.8, 4) is 33.5 Å². The standard InChI is InChI=1S/C30H21NS/c1-2-6-21(7-3-1)23-11-12-25-19-26(14-13-24(25)18-23)27-15-16-29(31-20-27)28-10-4-8-22-9-5-17-32-30(22)28/h1-16,18-20H,17H2. The molecule has 6 rings (SSSR count). The third-order valence-corrected chi connectivity index (χ3v) is 7.09. The molecule has 0 N–H and O–H groups in total. The minimum Gasteiger partial charge on any atom is -0.256 e. The van der Waals surface area contributed by atoms with Gasteiger partial charge in [-0.15, -0.1) is 11.8 Å². The first-order chi connectivity index (χ1) is 15.8. The molecule has 0 saturated carbocycles. The van der Waals surface area contributed by atoms with Crippen LogP contribution in [0.25, 0.3) is 50.4 Å². The van der Waals surface area contributed by atoms with Crippen LogP contribution >= 0.6 is 11.8 Å². The third kappa shape index (κ3) is 3.53. The van der Waals surface area contributed by atoms with E-state index in [4.69, 9.17) is 4.98 Å². The molecule has 0 atom stereocenters. The van der Waals surface area contributed by atoms with Gasteiger partial charge in [-0.3, -0.25) is 4.98 Å².